The van der Waals surface area contributed by atoms with Gasteiger partial charge in [-0.1, -0.05) is 24.6 Å². The van der Waals surface area contributed by atoms with Gasteiger partial charge in [-0.15, -0.1) is 0 Å². The van der Waals surface area contributed by atoms with E-state index in [2.05, 4.69) is 10.6 Å². The molecule has 104 valence electrons. The standard InChI is InChI=1S/C14H20N2O3/c1-4-11(13(17)18)8-15-14(19)16-12-6-5-9(2)7-10(12)3/h5-7,11H,4,8H2,1-3H3,(H,17,18)(H2,15,16,19). The lowest BCUT2D eigenvalue weighted by Gasteiger charge is -2.13. The van der Waals surface area contributed by atoms with Gasteiger partial charge in [-0.3, -0.25) is 4.79 Å². The van der Waals surface area contributed by atoms with E-state index in [-0.39, 0.29) is 12.6 Å². The van der Waals surface area contributed by atoms with Crippen molar-refractivity contribution in [2.24, 2.45) is 5.92 Å². The molecule has 1 unspecified atom stereocenters. The first-order valence-electron chi connectivity index (χ1n) is 6.29. The molecule has 0 aliphatic rings. The summed E-state index contributed by atoms with van der Waals surface area (Å²) in [5.74, 6) is -1.45. The number of rotatable bonds is 5. The molecular formula is C14H20N2O3. The summed E-state index contributed by atoms with van der Waals surface area (Å²) in [6, 6.07) is 5.33. The van der Waals surface area contributed by atoms with Crippen LogP contribution < -0.4 is 10.6 Å². The van der Waals surface area contributed by atoms with Crippen LogP contribution in [0.15, 0.2) is 18.2 Å². The van der Waals surface area contributed by atoms with E-state index in [4.69, 9.17) is 5.11 Å². The van der Waals surface area contributed by atoms with Crippen molar-refractivity contribution in [3.05, 3.63) is 29.3 Å². The van der Waals surface area contributed by atoms with E-state index >= 15 is 0 Å². The maximum absolute atomic E-state index is 11.7. The Morgan fingerprint density at radius 3 is 2.53 bits per heavy atom. The Kier molecular flexibility index (Phi) is 5.36. The summed E-state index contributed by atoms with van der Waals surface area (Å²) in [5, 5.41) is 14.2. The first kappa shape index (κ1) is 15.0. The van der Waals surface area contributed by atoms with Crippen LogP contribution in [0, 0.1) is 19.8 Å². The van der Waals surface area contributed by atoms with Gasteiger partial charge in [0.25, 0.3) is 0 Å². The Bertz CT molecular complexity index is 472. The lowest BCUT2D eigenvalue weighted by atomic mass is 10.1. The van der Waals surface area contributed by atoms with Gasteiger partial charge < -0.3 is 15.7 Å². The average Bonchev–Trinajstić information content (AvgIpc) is 2.33. The van der Waals surface area contributed by atoms with Crippen molar-refractivity contribution in [1.29, 1.82) is 0 Å². The molecule has 0 aliphatic carbocycles. The maximum atomic E-state index is 11.7. The molecule has 0 radical (unpaired) electrons. The maximum Gasteiger partial charge on any atom is 0.319 e. The second-order valence-electron chi connectivity index (χ2n) is 4.60. The number of hydrogen-bond donors (Lipinski definition) is 3. The van der Waals surface area contributed by atoms with Crippen LogP contribution in [-0.4, -0.2) is 23.7 Å². The average molecular weight is 264 g/mol. The van der Waals surface area contributed by atoms with E-state index in [0.29, 0.717) is 6.42 Å². The molecule has 2 amide bonds. The summed E-state index contributed by atoms with van der Waals surface area (Å²) in [5.41, 5.74) is 2.83. The number of hydrogen-bond acceptors (Lipinski definition) is 2. The highest BCUT2D eigenvalue weighted by Gasteiger charge is 2.15. The Morgan fingerprint density at radius 1 is 1.32 bits per heavy atom. The van der Waals surface area contributed by atoms with Crippen LogP contribution in [0.2, 0.25) is 0 Å². The topological polar surface area (TPSA) is 78.4 Å². The number of carboxylic acid groups (broad SMARTS) is 1. The number of urea groups is 1. The first-order valence-corrected chi connectivity index (χ1v) is 6.29. The van der Waals surface area contributed by atoms with Crippen LogP contribution in [0.5, 0.6) is 0 Å². The van der Waals surface area contributed by atoms with Gasteiger partial charge >= 0.3 is 12.0 Å². The fourth-order valence-corrected chi connectivity index (χ4v) is 1.74. The van der Waals surface area contributed by atoms with Gasteiger partial charge in [-0.25, -0.2) is 4.79 Å². The van der Waals surface area contributed by atoms with E-state index in [1.807, 2.05) is 32.0 Å². The molecule has 0 aliphatic heterocycles. The summed E-state index contributed by atoms with van der Waals surface area (Å²) in [4.78, 5) is 22.5. The Labute approximate surface area is 113 Å². The normalized spacial score (nSPS) is 11.7. The Morgan fingerprint density at radius 2 is 2.00 bits per heavy atom. The summed E-state index contributed by atoms with van der Waals surface area (Å²) >= 11 is 0. The van der Waals surface area contributed by atoms with Gasteiger partial charge in [-0.05, 0) is 31.9 Å². The first-order chi connectivity index (χ1) is 8.93. The van der Waals surface area contributed by atoms with E-state index in [0.717, 1.165) is 16.8 Å². The van der Waals surface area contributed by atoms with Gasteiger partial charge in [0, 0.05) is 12.2 Å². The quantitative estimate of drug-likeness (QED) is 0.764. The number of anilines is 1. The lowest BCUT2D eigenvalue weighted by molar-refractivity contribution is -0.141. The number of carboxylic acids is 1. The van der Waals surface area contributed by atoms with Crippen LogP contribution in [0.3, 0.4) is 0 Å². The largest absolute Gasteiger partial charge is 0.481 e. The molecule has 0 spiro atoms. The van der Waals surface area contributed by atoms with Crippen molar-refractivity contribution in [3.63, 3.8) is 0 Å². The van der Waals surface area contributed by atoms with Crippen molar-refractivity contribution in [1.82, 2.24) is 5.32 Å². The summed E-state index contributed by atoms with van der Waals surface area (Å²) in [7, 11) is 0. The summed E-state index contributed by atoms with van der Waals surface area (Å²) in [6.07, 6.45) is 0.485. The van der Waals surface area contributed by atoms with Crippen molar-refractivity contribution in [2.45, 2.75) is 27.2 Å². The monoisotopic (exact) mass is 264 g/mol. The minimum atomic E-state index is -0.894. The van der Waals surface area contributed by atoms with Gasteiger partial charge in [0.05, 0.1) is 5.92 Å². The molecule has 3 N–H and O–H groups in total. The summed E-state index contributed by atoms with van der Waals surface area (Å²) < 4.78 is 0. The molecule has 0 fully saturated rings. The minimum Gasteiger partial charge on any atom is -0.481 e. The molecule has 1 atom stereocenters. The number of nitrogens with one attached hydrogen (secondary N) is 2. The zero-order chi connectivity index (χ0) is 14.4. The Hall–Kier alpha value is -2.04. The molecular weight excluding hydrogens is 244 g/mol. The molecule has 0 bridgehead atoms. The van der Waals surface area contributed by atoms with E-state index in [9.17, 15) is 9.59 Å². The molecule has 19 heavy (non-hydrogen) atoms. The SMILES string of the molecule is CCC(CNC(=O)Nc1ccc(C)cc1C)C(=O)O. The zero-order valence-corrected chi connectivity index (χ0v) is 11.5. The van der Waals surface area contributed by atoms with Gasteiger partial charge in [0.1, 0.15) is 0 Å². The van der Waals surface area contributed by atoms with E-state index in [1.54, 1.807) is 6.92 Å². The van der Waals surface area contributed by atoms with Crippen LogP contribution in [0.1, 0.15) is 24.5 Å². The molecule has 0 saturated carbocycles. The predicted octanol–water partition coefficient (Wildman–Crippen LogP) is 2.54. The highest BCUT2D eigenvalue weighted by Crippen LogP contribution is 2.15. The number of carbonyl (C=O) groups excluding carboxylic acids is 1. The van der Waals surface area contributed by atoms with Crippen LogP contribution in [0.25, 0.3) is 0 Å². The second-order valence-corrected chi connectivity index (χ2v) is 4.60. The number of carbonyl (C=O) groups is 2. The van der Waals surface area contributed by atoms with Crippen molar-refractivity contribution in [3.8, 4) is 0 Å². The van der Waals surface area contributed by atoms with Gasteiger partial charge in [0.15, 0.2) is 0 Å². The molecule has 5 heteroatoms. The van der Waals surface area contributed by atoms with E-state index in [1.165, 1.54) is 0 Å². The van der Waals surface area contributed by atoms with Crippen LogP contribution in [0.4, 0.5) is 10.5 Å². The molecule has 0 heterocycles. The van der Waals surface area contributed by atoms with Crippen molar-refractivity contribution in [2.75, 3.05) is 11.9 Å². The highest BCUT2D eigenvalue weighted by atomic mass is 16.4. The highest BCUT2D eigenvalue weighted by molar-refractivity contribution is 5.90. The van der Waals surface area contributed by atoms with E-state index < -0.39 is 11.9 Å². The third-order valence-corrected chi connectivity index (χ3v) is 2.98. The van der Waals surface area contributed by atoms with Crippen molar-refractivity contribution >= 4 is 17.7 Å². The minimum absolute atomic E-state index is 0.128. The molecule has 0 saturated heterocycles. The molecule has 0 aromatic heterocycles. The lowest BCUT2D eigenvalue weighted by Crippen LogP contribution is -2.35. The third-order valence-electron chi connectivity index (χ3n) is 2.98. The molecule has 5 nitrogen and oxygen atoms in total. The second kappa shape index (κ2) is 6.78. The molecule has 1 aromatic rings. The summed E-state index contributed by atoms with van der Waals surface area (Å²) in [6.45, 7) is 5.80. The molecule has 1 rings (SSSR count). The Balaban J connectivity index is 2.53. The third kappa shape index (κ3) is 4.62. The van der Waals surface area contributed by atoms with Crippen LogP contribution in [-0.2, 0) is 4.79 Å². The van der Waals surface area contributed by atoms with Gasteiger partial charge in [0.2, 0.25) is 0 Å². The number of aryl methyl sites for hydroxylation is 2. The predicted molar refractivity (Wildman–Crippen MR) is 74.4 cm³/mol. The number of amides is 2. The number of benzene rings is 1. The number of aliphatic carboxylic acids is 1. The zero-order valence-electron chi connectivity index (χ0n) is 11.5. The van der Waals surface area contributed by atoms with Gasteiger partial charge in [-0.2, -0.15) is 0 Å². The smallest absolute Gasteiger partial charge is 0.319 e. The fourth-order valence-electron chi connectivity index (χ4n) is 1.74. The van der Waals surface area contributed by atoms with Crippen molar-refractivity contribution < 1.29 is 14.7 Å². The fraction of sp³-hybridized carbons (Fsp3) is 0.429. The molecule has 1 aromatic carbocycles. The van der Waals surface area contributed by atoms with Crippen LogP contribution >= 0.6 is 0 Å².